The maximum atomic E-state index is 11.4. The lowest BCUT2D eigenvalue weighted by Crippen LogP contribution is -2.53. The van der Waals surface area contributed by atoms with Gasteiger partial charge in [0.1, 0.15) is 0 Å². The summed E-state index contributed by atoms with van der Waals surface area (Å²) in [6, 6.07) is 0. The van der Waals surface area contributed by atoms with Crippen LogP contribution in [0.25, 0.3) is 0 Å². The molecule has 0 atom stereocenters. The molecule has 0 spiro atoms. The predicted molar refractivity (Wildman–Crippen MR) is 66.0 cm³/mol. The van der Waals surface area contributed by atoms with Gasteiger partial charge in [0.15, 0.2) is 0 Å². The van der Waals surface area contributed by atoms with E-state index in [0.29, 0.717) is 31.3 Å². The van der Waals surface area contributed by atoms with Crippen LogP contribution in [0.4, 0.5) is 0 Å². The van der Waals surface area contributed by atoms with Gasteiger partial charge in [0.05, 0.1) is 16.7 Å². The third kappa shape index (κ3) is 1.79. The first-order valence-corrected chi connectivity index (χ1v) is 6.39. The quantitative estimate of drug-likeness (QED) is 0.777. The van der Waals surface area contributed by atoms with Crippen LogP contribution < -0.4 is 0 Å². The summed E-state index contributed by atoms with van der Waals surface area (Å²) in [5.74, 6) is -0.920. The Kier molecular flexibility index (Phi) is 3.99. The molecule has 0 fully saturated rings. The topological polar surface area (TPSA) is 60.8 Å². The third-order valence-corrected chi connectivity index (χ3v) is 4.37. The van der Waals surface area contributed by atoms with Crippen LogP contribution in [0.3, 0.4) is 0 Å². The van der Waals surface area contributed by atoms with Gasteiger partial charge in [0.25, 0.3) is 0 Å². The van der Waals surface area contributed by atoms with Crippen molar-refractivity contribution in [2.75, 3.05) is 0 Å². The van der Waals surface area contributed by atoms with Gasteiger partial charge in [0.2, 0.25) is 0 Å². The molecule has 4 nitrogen and oxygen atoms in total. The highest BCUT2D eigenvalue weighted by atomic mass is 16.5. The molecule has 1 aliphatic heterocycles. The maximum Gasteiger partial charge on any atom is 0.333 e. The minimum Gasteiger partial charge on any atom is -0.478 e. The largest absolute Gasteiger partial charge is 0.478 e. The molecule has 17 heavy (non-hydrogen) atoms. The minimum absolute atomic E-state index is 0.341. The zero-order chi connectivity index (χ0) is 13.3. The van der Waals surface area contributed by atoms with Crippen molar-refractivity contribution in [1.29, 1.82) is 0 Å². The number of carbonyl (C=O) groups is 1. The molecule has 0 radical (unpaired) electrons. The van der Waals surface area contributed by atoms with Crippen LogP contribution in [0.5, 0.6) is 0 Å². The summed E-state index contributed by atoms with van der Waals surface area (Å²) in [5.41, 5.74) is -0.925. The second-order valence-corrected chi connectivity index (χ2v) is 4.72. The number of hydrogen-bond acceptors (Lipinski definition) is 3. The number of rotatable bonds is 5. The molecule has 0 aliphatic carbocycles. The van der Waals surface area contributed by atoms with Gasteiger partial charge in [-0.1, -0.05) is 27.7 Å². The van der Waals surface area contributed by atoms with Gasteiger partial charge >= 0.3 is 5.97 Å². The number of nitrogens with zero attached hydrogens (tertiary/aromatic N) is 1. The van der Waals surface area contributed by atoms with Crippen LogP contribution in [-0.4, -0.2) is 32.4 Å². The van der Waals surface area contributed by atoms with Crippen molar-refractivity contribution in [2.45, 2.75) is 64.5 Å². The van der Waals surface area contributed by atoms with Crippen molar-refractivity contribution in [3.05, 3.63) is 11.6 Å². The standard InChI is InChI=1S/C13H23NO3/c1-5-12(6-2)9-10(11(15)16)13(7-3,8-4)14(12)17/h9,17H,5-8H2,1-4H3,(H,15,16). The molecule has 0 aromatic carbocycles. The molecule has 0 aromatic heterocycles. The summed E-state index contributed by atoms with van der Waals surface area (Å²) in [4.78, 5) is 11.4. The van der Waals surface area contributed by atoms with Crippen molar-refractivity contribution >= 4 is 5.97 Å². The molecule has 98 valence electrons. The zero-order valence-electron chi connectivity index (χ0n) is 11.2. The van der Waals surface area contributed by atoms with Gasteiger partial charge in [0, 0.05) is 0 Å². The lowest BCUT2D eigenvalue weighted by atomic mass is 9.86. The summed E-state index contributed by atoms with van der Waals surface area (Å²) in [7, 11) is 0. The van der Waals surface area contributed by atoms with E-state index in [1.54, 1.807) is 6.08 Å². The third-order valence-electron chi connectivity index (χ3n) is 4.37. The van der Waals surface area contributed by atoms with Crippen LogP contribution in [-0.2, 0) is 4.79 Å². The van der Waals surface area contributed by atoms with E-state index in [-0.39, 0.29) is 0 Å². The van der Waals surface area contributed by atoms with Crippen LogP contribution in [0.15, 0.2) is 11.6 Å². The Morgan fingerprint density at radius 3 is 1.88 bits per heavy atom. The van der Waals surface area contributed by atoms with E-state index < -0.39 is 17.0 Å². The van der Waals surface area contributed by atoms with E-state index in [1.807, 2.05) is 27.7 Å². The highest BCUT2D eigenvalue weighted by Crippen LogP contribution is 2.46. The van der Waals surface area contributed by atoms with Gasteiger partial charge in [-0.2, -0.15) is 5.06 Å². The monoisotopic (exact) mass is 241 g/mol. The van der Waals surface area contributed by atoms with Gasteiger partial charge in [-0.3, -0.25) is 0 Å². The van der Waals surface area contributed by atoms with Crippen LogP contribution in [0.1, 0.15) is 53.4 Å². The van der Waals surface area contributed by atoms with Crippen molar-refractivity contribution in [3.8, 4) is 0 Å². The molecular formula is C13H23NO3. The van der Waals surface area contributed by atoms with E-state index in [0.717, 1.165) is 0 Å². The number of carboxylic acids is 1. The molecular weight excluding hydrogens is 218 g/mol. The Labute approximate surface area is 103 Å². The fourth-order valence-electron chi connectivity index (χ4n) is 2.95. The van der Waals surface area contributed by atoms with Gasteiger partial charge in [-0.15, -0.1) is 0 Å². The molecule has 0 saturated carbocycles. The lowest BCUT2D eigenvalue weighted by Gasteiger charge is -2.42. The lowest BCUT2D eigenvalue weighted by molar-refractivity contribution is -0.210. The van der Waals surface area contributed by atoms with Gasteiger partial charge < -0.3 is 10.3 Å². The highest BCUT2D eigenvalue weighted by molar-refractivity contribution is 5.90. The Morgan fingerprint density at radius 2 is 1.65 bits per heavy atom. The summed E-state index contributed by atoms with van der Waals surface area (Å²) in [5, 5.41) is 21.1. The summed E-state index contributed by atoms with van der Waals surface area (Å²) >= 11 is 0. The zero-order valence-corrected chi connectivity index (χ0v) is 11.2. The minimum atomic E-state index is -0.920. The summed E-state index contributed by atoms with van der Waals surface area (Å²) in [6.07, 6.45) is 4.36. The van der Waals surface area contributed by atoms with E-state index in [1.165, 1.54) is 5.06 Å². The number of hydrogen-bond donors (Lipinski definition) is 2. The molecule has 0 bridgehead atoms. The first-order valence-electron chi connectivity index (χ1n) is 6.39. The van der Waals surface area contributed by atoms with E-state index in [4.69, 9.17) is 0 Å². The molecule has 0 unspecified atom stereocenters. The van der Waals surface area contributed by atoms with Crippen LogP contribution in [0.2, 0.25) is 0 Å². The second-order valence-electron chi connectivity index (χ2n) is 4.72. The Hall–Kier alpha value is -0.870. The molecule has 0 saturated heterocycles. The van der Waals surface area contributed by atoms with Crippen LogP contribution >= 0.6 is 0 Å². The molecule has 0 aromatic rings. The SMILES string of the molecule is CCC1(CC)C=C(C(=O)O)C(CC)(CC)N1O. The average Bonchev–Trinajstić information content (AvgIpc) is 2.60. The van der Waals surface area contributed by atoms with Crippen molar-refractivity contribution in [2.24, 2.45) is 0 Å². The molecule has 4 heteroatoms. The van der Waals surface area contributed by atoms with Gasteiger partial charge in [-0.25, -0.2) is 4.79 Å². The van der Waals surface area contributed by atoms with E-state index >= 15 is 0 Å². The van der Waals surface area contributed by atoms with E-state index in [9.17, 15) is 15.1 Å². The first kappa shape index (κ1) is 14.2. The van der Waals surface area contributed by atoms with Crippen molar-refractivity contribution < 1.29 is 15.1 Å². The predicted octanol–water partition coefficient (Wildman–Crippen LogP) is 2.82. The first-order chi connectivity index (χ1) is 7.94. The Balaban J connectivity index is 3.35. The fraction of sp³-hybridized carbons (Fsp3) is 0.769. The highest BCUT2D eigenvalue weighted by Gasteiger charge is 2.54. The molecule has 2 N–H and O–H groups in total. The molecule has 1 heterocycles. The molecule has 0 amide bonds. The summed E-state index contributed by atoms with van der Waals surface area (Å²) in [6.45, 7) is 7.80. The smallest absolute Gasteiger partial charge is 0.333 e. The molecule has 1 aliphatic rings. The van der Waals surface area contributed by atoms with Crippen LogP contribution in [0, 0.1) is 0 Å². The Bertz CT molecular complexity index is 328. The Morgan fingerprint density at radius 1 is 1.18 bits per heavy atom. The maximum absolute atomic E-state index is 11.4. The number of aliphatic carboxylic acids is 1. The number of hydroxylamine groups is 2. The van der Waals surface area contributed by atoms with E-state index in [2.05, 4.69) is 0 Å². The molecule has 1 rings (SSSR count). The van der Waals surface area contributed by atoms with Gasteiger partial charge in [-0.05, 0) is 31.8 Å². The van der Waals surface area contributed by atoms with Crippen molar-refractivity contribution in [1.82, 2.24) is 5.06 Å². The number of carboxylic acid groups (broad SMARTS) is 1. The average molecular weight is 241 g/mol. The fourth-order valence-corrected chi connectivity index (χ4v) is 2.95. The summed E-state index contributed by atoms with van der Waals surface area (Å²) < 4.78 is 0. The second kappa shape index (κ2) is 4.78. The van der Waals surface area contributed by atoms with Crippen molar-refractivity contribution in [3.63, 3.8) is 0 Å². The normalized spacial score (nSPS) is 22.5.